The second-order valence-electron chi connectivity index (χ2n) is 2.99. The summed E-state index contributed by atoms with van der Waals surface area (Å²) in [5.41, 5.74) is 0. The van der Waals surface area contributed by atoms with Gasteiger partial charge in [-0.05, 0) is 17.4 Å². The second kappa shape index (κ2) is 4.41. The normalized spacial score (nSPS) is 17.9. The highest BCUT2D eigenvalue weighted by atomic mass is 32.2. The van der Waals surface area contributed by atoms with Crippen LogP contribution >= 0.6 is 11.8 Å². The molecule has 1 aromatic heterocycles. The van der Waals surface area contributed by atoms with Gasteiger partial charge in [0.05, 0.1) is 0 Å². The third-order valence-electron chi connectivity index (χ3n) is 2.05. The van der Waals surface area contributed by atoms with Gasteiger partial charge in [-0.25, -0.2) is 0 Å². The van der Waals surface area contributed by atoms with E-state index in [0.717, 1.165) is 31.0 Å². The van der Waals surface area contributed by atoms with Gasteiger partial charge in [-0.2, -0.15) is 17.0 Å². The van der Waals surface area contributed by atoms with Crippen LogP contribution in [0.4, 0.5) is 0 Å². The first-order valence-corrected chi connectivity index (χ1v) is 5.64. The monoisotopic (exact) mass is 213 g/mol. The average molecular weight is 213 g/mol. The molecule has 1 aliphatic heterocycles. The average Bonchev–Trinajstić information content (AvgIpc) is 2.59. The molecule has 1 saturated heterocycles. The van der Waals surface area contributed by atoms with Crippen molar-refractivity contribution in [2.24, 2.45) is 0 Å². The number of hydrogen-bond donors (Lipinski definition) is 1. The molecule has 0 bridgehead atoms. The van der Waals surface area contributed by atoms with Crippen molar-refractivity contribution < 1.29 is 4.79 Å². The summed E-state index contributed by atoms with van der Waals surface area (Å²) in [4.78, 5) is 13.5. The van der Waals surface area contributed by atoms with E-state index in [1.165, 1.54) is 0 Å². The molecule has 0 atom stereocenters. The zero-order chi connectivity index (χ0) is 9.80. The third-order valence-corrected chi connectivity index (χ3v) is 3.09. The Balaban J connectivity index is 2.03. The maximum atomic E-state index is 11.7. The number of aromatic amines is 1. The van der Waals surface area contributed by atoms with Crippen molar-refractivity contribution in [3.8, 4) is 0 Å². The van der Waals surface area contributed by atoms with Crippen molar-refractivity contribution in [1.29, 1.82) is 0 Å². The van der Waals surface area contributed by atoms with Gasteiger partial charge < -0.3 is 4.90 Å². The molecular formula is C7H11N5OS. The number of nitrogens with one attached hydrogen (secondary N) is 1. The molecule has 76 valence electrons. The van der Waals surface area contributed by atoms with E-state index in [1.54, 1.807) is 4.90 Å². The van der Waals surface area contributed by atoms with E-state index < -0.39 is 0 Å². The number of nitrogens with zero attached hydrogens (tertiary/aromatic N) is 4. The fourth-order valence-electron chi connectivity index (χ4n) is 1.34. The molecule has 1 aromatic rings. The van der Waals surface area contributed by atoms with Gasteiger partial charge in [0, 0.05) is 18.8 Å². The van der Waals surface area contributed by atoms with E-state index in [2.05, 4.69) is 20.6 Å². The molecular weight excluding hydrogens is 202 g/mol. The quantitative estimate of drug-likeness (QED) is 0.698. The van der Waals surface area contributed by atoms with Crippen molar-refractivity contribution in [2.45, 2.75) is 6.42 Å². The Kier molecular flexibility index (Phi) is 2.97. The van der Waals surface area contributed by atoms with E-state index in [0.29, 0.717) is 0 Å². The fraction of sp³-hybridized carbons (Fsp3) is 0.714. The van der Waals surface area contributed by atoms with E-state index in [1.807, 2.05) is 11.8 Å². The number of hydrogen-bond acceptors (Lipinski definition) is 5. The largest absolute Gasteiger partial charge is 0.335 e. The van der Waals surface area contributed by atoms with Crippen molar-refractivity contribution in [2.75, 3.05) is 24.6 Å². The molecule has 1 N–H and O–H groups in total. The van der Waals surface area contributed by atoms with Crippen LogP contribution in [0.1, 0.15) is 17.0 Å². The maximum Gasteiger partial charge on any atom is 0.295 e. The van der Waals surface area contributed by atoms with Crippen LogP contribution in [0, 0.1) is 0 Å². The minimum atomic E-state index is -0.124. The number of rotatable bonds is 1. The van der Waals surface area contributed by atoms with E-state index >= 15 is 0 Å². The highest BCUT2D eigenvalue weighted by Crippen LogP contribution is 2.11. The molecule has 2 heterocycles. The highest BCUT2D eigenvalue weighted by molar-refractivity contribution is 7.99. The van der Waals surface area contributed by atoms with Gasteiger partial charge in [0.25, 0.3) is 11.7 Å². The Hall–Kier alpha value is -1.11. The smallest absolute Gasteiger partial charge is 0.295 e. The Morgan fingerprint density at radius 3 is 3.14 bits per heavy atom. The van der Waals surface area contributed by atoms with E-state index in [4.69, 9.17) is 0 Å². The zero-order valence-corrected chi connectivity index (χ0v) is 8.46. The molecule has 1 amide bonds. The summed E-state index contributed by atoms with van der Waals surface area (Å²) in [5.74, 6) is 2.15. The predicted octanol–water partition coefficient (Wildman–Crippen LogP) is -0.221. The molecule has 0 unspecified atom stereocenters. The molecule has 14 heavy (non-hydrogen) atoms. The van der Waals surface area contributed by atoms with Crippen LogP contribution < -0.4 is 0 Å². The van der Waals surface area contributed by atoms with Crippen LogP contribution in [0.15, 0.2) is 0 Å². The van der Waals surface area contributed by atoms with Crippen molar-refractivity contribution in [3.05, 3.63) is 5.82 Å². The summed E-state index contributed by atoms with van der Waals surface area (Å²) in [6, 6.07) is 0. The lowest BCUT2D eigenvalue weighted by Crippen LogP contribution is -2.33. The van der Waals surface area contributed by atoms with Gasteiger partial charge in [0.2, 0.25) is 0 Å². The Bertz CT molecular complexity index is 293. The summed E-state index contributed by atoms with van der Waals surface area (Å²) < 4.78 is 0. The summed E-state index contributed by atoms with van der Waals surface area (Å²) in [6.45, 7) is 1.57. The lowest BCUT2D eigenvalue weighted by molar-refractivity contribution is 0.0756. The van der Waals surface area contributed by atoms with Gasteiger partial charge in [0.15, 0.2) is 0 Å². The van der Waals surface area contributed by atoms with Gasteiger partial charge in [-0.3, -0.25) is 4.79 Å². The predicted molar refractivity (Wildman–Crippen MR) is 52.0 cm³/mol. The molecule has 0 radical (unpaired) electrons. The number of aromatic nitrogens is 4. The number of amides is 1. The minimum Gasteiger partial charge on any atom is -0.335 e. The van der Waals surface area contributed by atoms with E-state index in [-0.39, 0.29) is 11.7 Å². The summed E-state index contributed by atoms with van der Waals surface area (Å²) in [5, 5.41) is 13.0. The number of carbonyl (C=O) groups is 1. The second-order valence-corrected chi connectivity index (χ2v) is 4.22. The van der Waals surface area contributed by atoms with Gasteiger partial charge >= 0.3 is 0 Å². The topological polar surface area (TPSA) is 74.8 Å². The molecule has 0 spiro atoms. The van der Waals surface area contributed by atoms with Gasteiger partial charge in [-0.1, -0.05) is 0 Å². The molecule has 7 heteroatoms. The van der Waals surface area contributed by atoms with Crippen LogP contribution in [0.5, 0.6) is 0 Å². The van der Waals surface area contributed by atoms with E-state index in [9.17, 15) is 4.79 Å². The molecule has 2 rings (SSSR count). The van der Waals surface area contributed by atoms with Crippen molar-refractivity contribution in [1.82, 2.24) is 25.5 Å². The lowest BCUT2D eigenvalue weighted by atomic mass is 10.4. The standard InChI is InChI=1S/C7H11N5OS/c13-7(6-8-10-11-9-6)12-2-1-4-14-5-3-12/h1-5H2,(H,8,9,10,11). The fourth-order valence-corrected chi connectivity index (χ4v) is 2.23. The summed E-state index contributed by atoms with van der Waals surface area (Å²) in [6.07, 6.45) is 1.04. The minimum absolute atomic E-state index is 0.124. The molecule has 1 fully saturated rings. The lowest BCUT2D eigenvalue weighted by Gasteiger charge is -2.17. The SMILES string of the molecule is O=C(c1nn[nH]n1)N1CCCSCC1. The number of carbonyl (C=O) groups excluding carboxylic acids is 1. The van der Waals surface area contributed by atoms with Crippen LogP contribution in [-0.4, -0.2) is 56.0 Å². The summed E-state index contributed by atoms with van der Waals surface area (Å²) in [7, 11) is 0. The van der Waals surface area contributed by atoms with Crippen LogP contribution in [-0.2, 0) is 0 Å². The van der Waals surface area contributed by atoms with Gasteiger partial charge in [-0.15, -0.1) is 10.2 Å². The first-order chi connectivity index (χ1) is 6.88. The molecule has 0 saturated carbocycles. The van der Waals surface area contributed by atoms with Crippen LogP contribution in [0.3, 0.4) is 0 Å². The van der Waals surface area contributed by atoms with Crippen molar-refractivity contribution >= 4 is 17.7 Å². The molecule has 1 aliphatic rings. The third kappa shape index (κ3) is 2.03. The first-order valence-electron chi connectivity index (χ1n) is 4.48. The number of H-pyrrole nitrogens is 1. The number of tetrazole rings is 1. The molecule has 6 nitrogen and oxygen atoms in total. The van der Waals surface area contributed by atoms with Crippen LogP contribution in [0.2, 0.25) is 0 Å². The Morgan fingerprint density at radius 1 is 1.43 bits per heavy atom. The Labute approximate surface area is 85.4 Å². The van der Waals surface area contributed by atoms with Crippen molar-refractivity contribution in [3.63, 3.8) is 0 Å². The maximum absolute atomic E-state index is 11.7. The number of thioether (sulfide) groups is 1. The van der Waals surface area contributed by atoms with Gasteiger partial charge in [0.1, 0.15) is 0 Å². The zero-order valence-electron chi connectivity index (χ0n) is 7.64. The molecule has 0 aromatic carbocycles. The Morgan fingerprint density at radius 2 is 2.36 bits per heavy atom. The molecule has 0 aliphatic carbocycles. The highest BCUT2D eigenvalue weighted by Gasteiger charge is 2.20. The first kappa shape index (κ1) is 9.45. The summed E-state index contributed by atoms with van der Waals surface area (Å²) >= 11 is 1.88. The van der Waals surface area contributed by atoms with Crippen LogP contribution in [0.25, 0.3) is 0 Å².